The highest BCUT2D eigenvalue weighted by Gasteiger charge is 2.18. The summed E-state index contributed by atoms with van der Waals surface area (Å²) in [5.41, 5.74) is 3.22. The van der Waals surface area contributed by atoms with Crippen LogP contribution in [-0.2, 0) is 11.4 Å². The fraction of sp³-hybridized carbons (Fsp3) is 0.259. The summed E-state index contributed by atoms with van der Waals surface area (Å²) in [6.07, 6.45) is 3.32. The van der Waals surface area contributed by atoms with E-state index in [1.165, 1.54) is 6.42 Å². The molecule has 1 saturated heterocycles. The van der Waals surface area contributed by atoms with Gasteiger partial charge in [0.15, 0.2) is 0 Å². The molecule has 170 valence electrons. The van der Waals surface area contributed by atoms with Crippen molar-refractivity contribution in [3.8, 4) is 5.75 Å². The first kappa shape index (κ1) is 22.4. The SMILES string of the molecule is O=C(CNc1cccc(OCc2ccccc2)c1)Nc1ccc(C(=O)N2CCCCC2)cc1. The van der Waals surface area contributed by atoms with E-state index in [1.54, 1.807) is 24.3 Å². The Bertz CT molecular complexity index is 1060. The van der Waals surface area contributed by atoms with Crippen LogP contribution in [0, 0.1) is 0 Å². The number of rotatable bonds is 8. The molecule has 2 N–H and O–H groups in total. The minimum absolute atomic E-state index is 0.0589. The Hall–Kier alpha value is -3.80. The molecule has 0 bridgehead atoms. The Morgan fingerprint density at radius 3 is 2.33 bits per heavy atom. The molecular weight excluding hydrogens is 414 g/mol. The number of ether oxygens (including phenoxy) is 1. The Morgan fingerprint density at radius 1 is 0.818 bits per heavy atom. The lowest BCUT2D eigenvalue weighted by molar-refractivity contribution is -0.114. The minimum atomic E-state index is -0.166. The van der Waals surface area contributed by atoms with Crippen molar-refractivity contribution in [1.29, 1.82) is 0 Å². The van der Waals surface area contributed by atoms with Gasteiger partial charge in [-0.3, -0.25) is 9.59 Å². The van der Waals surface area contributed by atoms with Gasteiger partial charge in [0.2, 0.25) is 5.91 Å². The molecule has 6 nitrogen and oxygen atoms in total. The van der Waals surface area contributed by atoms with Gasteiger partial charge < -0.3 is 20.3 Å². The lowest BCUT2D eigenvalue weighted by Gasteiger charge is -2.26. The molecule has 2 amide bonds. The molecule has 1 aliphatic heterocycles. The van der Waals surface area contributed by atoms with Crippen molar-refractivity contribution in [2.45, 2.75) is 25.9 Å². The summed E-state index contributed by atoms with van der Waals surface area (Å²) < 4.78 is 5.84. The highest BCUT2D eigenvalue weighted by molar-refractivity contribution is 5.96. The molecule has 4 rings (SSSR count). The van der Waals surface area contributed by atoms with E-state index in [0.717, 1.165) is 42.9 Å². The zero-order chi connectivity index (χ0) is 22.9. The van der Waals surface area contributed by atoms with Gasteiger partial charge in [-0.25, -0.2) is 0 Å². The molecule has 0 unspecified atom stereocenters. The molecule has 1 fully saturated rings. The number of hydrogen-bond donors (Lipinski definition) is 2. The van der Waals surface area contributed by atoms with Crippen molar-refractivity contribution in [2.24, 2.45) is 0 Å². The van der Waals surface area contributed by atoms with Gasteiger partial charge in [-0.1, -0.05) is 36.4 Å². The van der Waals surface area contributed by atoms with Gasteiger partial charge in [-0.15, -0.1) is 0 Å². The first-order valence-electron chi connectivity index (χ1n) is 11.4. The summed E-state index contributed by atoms with van der Waals surface area (Å²) >= 11 is 0. The summed E-state index contributed by atoms with van der Waals surface area (Å²) in [7, 11) is 0. The monoisotopic (exact) mass is 443 g/mol. The third kappa shape index (κ3) is 6.59. The summed E-state index contributed by atoms with van der Waals surface area (Å²) in [4.78, 5) is 26.8. The van der Waals surface area contributed by atoms with Crippen LogP contribution in [0.2, 0.25) is 0 Å². The average Bonchev–Trinajstić information content (AvgIpc) is 2.88. The van der Waals surface area contributed by atoms with Gasteiger partial charge in [0, 0.05) is 36.1 Å². The van der Waals surface area contributed by atoms with Gasteiger partial charge >= 0.3 is 0 Å². The lowest BCUT2D eigenvalue weighted by atomic mass is 10.1. The number of amides is 2. The molecule has 0 atom stereocenters. The van der Waals surface area contributed by atoms with E-state index in [1.807, 2.05) is 59.5 Å². The number of piperidine rings is 1. The van der Waals surface area contributed by atoms with Crippen LogP contribution in [0.1, 0.15) is 35.2 Å². The predicted molar refractivity (Wildman–Crippen MR) is 131 cm³/mol. The number of anilines is 2. The van der Waals surface area contributed by atoms with Gasteiger partial charge in [-0.2, -0.15) is 0 Å². The van der Waals surface area contributed by atoms with Crippen molar-refractivity contribution in [1.82, 2.24) is 4.90 Å². The summed E-state index contributed by atoms with van der Waals surface area (Å²) in [6.45, 7) is 2.25. The normalized spacial score (nSPS) is 13.3. The van der Waals surface area contributed by atoms with Crippen molar-refractivity contribution >= 4 is 23.2 Å². The quantitative estimate of drug-likeness (QED) is 0.517. The summed E-state index contributed by atoms with van der Waals surface area (Å²) in [5, 5.41) is 5.98. The van der Waals surface area contributed by atoms with Crippen LogP contribution in [0.4, 0.5) is 11.4 Å². The number of nitrogens with one attached hydrogen (secondary N) is 2. The molecule has 1 heterocycles. The number of hydrogen-bond acceptors (Lipinski definition) is 4. The zero-order valence-corrected chi connectivity index (χ0v) is 18.6. The third-order valence-electron chi connectivity index (χ3n) is 5.59. The highest BCUT2D eigenvalue weighted by atomic mass is 16.5. The van der Waals surface area contributed by atoms with E-state index in [4.69, 9.17) is 4.74 Å². The van der Waals surface area contributed by atoms with Crippen LogP contribution in [0.25, 0.3) is 0 Å². The topological polar surface area (TPSA) is 70.7 Å². The van der Waals surface area contributed by atoms with E-state index in [2.05, 4.69) is 10.6 Å². The first-order valence-corrected chi connectivity index (χ1v) is 11.4. The Morgan fingerprint density at radius 2 is 1.58 bits per heavy atom. The van der Waals surface area contributed by atoms with Crippen LogP contribution in [0.15, 0.2) is 78.9 Å². The second kappa shape index (κ2) is 11.2. The number of benzene rings is 3. The second-order valence-corrected chi connectivity index (χ2v) is 8.13. The molecular formula is C27H29N3O3. The van der Waals surface area contributed by atoms with E-state index in [0.29, 0.717) is 17.9 Å². The maximum absolute atomic E-state index is 12.6. The number of carbonyl (C=O) groups excluding carboxylic acids is 2. The van der Waals surface area contributed by atoms with E-state index in [-0.39, 0.29) is 18.4 Å². The van der Waals surface area contributed by atoms with Crippen molar-refractivity contribution < 1.29 is 14.3 Å². The Kier molecular flexibility index (Phi) is 7.59. The fourth-order valence-corrected chi connectivity index (χ4v) is 3.80. The molecule has 0 spiro atoms. The van der Waals surface area contributed by atoms with Gasteiger partial charge in [0.05, 0.1) is 6.54 Å². The Balaban J connectivity index is 1.25. The number of likely N-dealkylation sites (tertiary alicyclic amines) is 1. The van der Waals surface area contributed by atoms with Crippen LogP contribution in [-0.4, -0.2) is 36.3 Å². The molecule has 3 aromatic rings. The number of nitrogens with zero attached hydrogens (tertiary/aromatic N) is 1. The van der Waals surface area contributed by atoms with E-state index in [9.17, 15) is 9.59 Å². The van der Waals surface area contributed by atoms with E-state index >= 15 is 0 Å². The molecule has 0 aliphatic carbocycles. The maximum atomic E-state index is 12.6. The first-order chi connectivity index (χ1) is 16.2. The molecule has 3 aromatic carbocycles. The van der Waals surface area contributed by atoms with Gasteiger partial charge in [0.25, 0.3) is 5.91 Å². The highest BCUT2D eigenvalue weighted by Crippen LogP contribution is 2.19. The molecule has 0 radical (unpaired) electrons. The van der Waals surface area contributed by atoms with Crippen LogP contribution < -0.4 is 15.4 Å². The predicted octanol–water partition coefficient (Wildman–Crippen LogP) is 4.94. The largest absolute Gasteiger partial charge is 0.489 e. The summed E-state index contributed by atoms with van der Waals surface area (Å²) in [6, 6.07) is 24.6. The Labute approximate surface area is 194 Å². The average molecular weight is 444 g/mol. The maximum Gasteiger partial charge on any atom is 0.253 e. The minimum Gasteiger partial charge on any atom is -0.489 e. The molecule has 1 aliphatic rings. The fourth-order valence-electron chi connectivity index (χ4n) is 3.80. The van der Waals surface area contributed by atoms with Gasteiger partial charge in [0.1, 0.15) is 12.4 Å². The van der Waals surface area contributed by atoms with Crippen molar-refractivity contribution in [2.75, 3.05) is 30.3 Å². The molecule has 0 saturated carbocycles. The van der Waals surface area contributed by atoms with Gasteiger partial charge in [-0.05, 0) is 61.2 Å². The standard InChI is InChI=1S/C27H29N3O3/c31-26(29-23-14-12-22(13-15-23)27(32)30-16-5-2-6-17-30)19-28-24-10-7-11-25(18-24)33-20-21-8-3-1-4-9-21/h1,3-4,7-15,18,28H,2,5-6,16-17,19-20H2,(H,29,31). The second-order valence-electron chi connectivity index (χ2n) is 8.13. The molecule has 0 aromatic heterocycles. The zero-order valence-electron chi connectivity index (χ0n) is 18.6. The number of carbonyl (C=O) groups is 2. The summed E-state index contributed by atoms with van der Waals surface area (Å²) in [5.74, 6) is 0.627. The third-order valence-corrected chi connectivity index (χ3v) is 5.59. The molecule has 33 heavy (non-hydrogen) atoms. The van der Waals surface area contributed by atoms with Crippen LogP contribution in [0.5, 0.6) is 5.75 Å². The van der Waals surface area contributed by atoms with Crippen molar-refractivity contribution in [3.05, 3.63) is 90.0 Å². The molecule has 6 heteroatoms. The lowest BCUT2D eigenvalue weighted by Crippen LogP contribution is -2.35. The van der Waals surface area contributed by atoms with Crippen molar-refractivity contribution in [3.63, 3.8) is 0 Å². The smallest absolute Gasteiger partial charge is 0.253 e. The van der Waals surface area contributed by atoms with Crippen LogP contribution in [0.3, 0.4) is 0 Å². The van der Waals surface area contributed by atoms with Crippen LogP contribution >= 0.6 is 0 Å². The van der Waals surface area contributed by atoms with E-state index < -0.39 is 0 Å².